The van der Waals surface area contributed by atoms with E-state index in [9.17, 15) is 4.79 Å². The van der Waals surface area contributed by atoms with Crippen LogP contribution in [0.3, 0.4) is 0 Å². The number of fused-ring (bicyclic) bond motifs is 1. The first-order chi connectivity index (χ1) is 8.78. The summed E-state index contributed by atoms with van der Waals surface area (Å²) in [6.45, 7) is 0. The van der Waals surface area contributed by atoms with Crippen LogP contribution in [0.2, 0.25) is 0 Å². The second kappa shape index (κ2) is 4.57. The largest absolute Gasteiger partial charge is 0.488 e. The van der Waals surface area contributed by atoms with Gasteiger partial charge in [-0.2, -0.15) is 0 Å². The summed E-state index contributed by atoms with van der Waals surface area (Å²) < 4.78 is 7.04. The molecule has 5 heteroatoms. The predicted molar refractivity (Wildman–Crippen MR) is 70.8 cm³/mol. The molecule has 1 N–H and O–H groups in total. The third-order valence-electron chi connectivity index (χ3n) is 3.33. The van der Waals surface area contributed by atoms with E-state index >= 15 is 0 Å². The van der Waals surface area contributed by atoms with Crippen LogP contribution < -0.4 is 10.1 Å². The van der Waals surface area contributed by atoms with Crippen LogP contribution in [0, 0.1) is 5.92 Å². The van der Waals surface area contributed by atoms with Crippen LogP contribution in [0.5, 0.6) is 5.75 Å². The van der Waals surface area contributed by atoms with E-state index < -0.39 is 0 Å². The fraction of sp³-hybridized carbons (Fsp3) is 0.385. The maximum atomic E-state index is 11.4. The molecule has 0 atom stereocenters. The van der Waals surface area contributed by atoms with Gasteiger partial charge in [0.15, 0.2) is 0 Å². The Bertz CT molecular complexity index is 575. The van der Waals surface area contributed by atoms with Crippen molar-refractivity contribution in [2.75, 3.05) is 7.05 Å². The zero-order valence-electron chi connectivity index (χ0n) is 10.1. The number of hydrogen-bond acceptors (Lipinski definition) is 4. The molecule has 3 rings (SSSR count). The second-order valence-corrected chi connectivity index (χ2v) is 5.36. The van der Waals surface area contributed by atoms with Crippen molar-refractivity contribution >= 4 is 27.5 Å². The highest BCUT2D eigenvalue weighted by atomic mass is 32.1. The van der Waals surface area contributed by atoms with Gasteiger partial charge in [0.2, 0.25) is 5.91 Å². The number of carbonyl (C=O) groups is 1. The number of para-hydroxylation sites is 1. The Morgan fingerprint density at radius 3 is 3.11 bits per heavy atom. The van der Waals surface area contributed by atoms with Crippen LogP contribution in [0.4, 0.5) is 0 Å². The number of nitrogens with zero attached hydrogens (tertiary/aromatic N) is 1. The Morgan fingerprint density at radius 2 is 2.33 bits per heavy atom. The molecule has 1 aromatic heterocycles. The maximum absolute atomic E-state index is 11.4. The molecule has 0 radical (unpaired) electrons. The summed E-state index contributed by atoms with van der Waals surface area (Å²) in [6, 6.07) is 5.95. The van der Waals surface area contributed by atoms with Gasteiger partial charge in [0.05, 0.1) is 10.2 Å². The predicted octanol–water partition coefficient (Wildman–Crippen LogP) is 2.20. The number of ether oxygens (including phenoxy) is 1. The molecule has 18 heavy (non-hydrogen) atoms. The van der Waals surface area contributed by atoms with Crippen LogP contribution >= 0.6 is 11.3 Å². The molecule has 0 saturated heterocycles. The van der Waals surface area contributed by atoms with Crippen molar-refractivity contribution in [2.24, 2.45) is 5.92 Å². The van der Waals surface area contributed by atoms with E-state index in [4.69, 9.17) is 4.74 Å². The molecule has 0 bridgehead atoms. The third-order valence-corrected chi connectivity index (χ3v) is 4.12. The lowest BCUT2D eigenvalue weighted by Gasteiger charge is -2.34. The fourth-order valence-corrected chi connectivity index (χ4v) is 2.91. The summed E-state index contributed by atoms with van der Waals surface area (Å²) in [5.41, 5.74) is 2.75. The molecule has 1 aromatic carbocycles. The zero-order chi connectivity index (χ0) is 12.5. The van der Waals surface area contributed by atoms with Gasteiger partial charge in [0.1, 0.15) is 17.4 Å². The van der Waals surface area contributed by atoms with Gasteiger partial charge in [-0.25, -0.2) is 4.98 Å². The highest BCUT2D eigenvalue weighted by Gasteiger charge is 2.35. The summed E-state index contributed by atoms with van der Waals surface area (Å²) >= 11 is 1.61. The molecule has 1 fully saturated rings. The van der Waals surface area contributed by atoms with Crippen LogP contribution in [0.25, 0.3) is 10.2 Å². The monoisotopic (exact) mass is 262 g/mol. The number of amides is 1. The van der Waals surface area contributed by atoms with E-state index in [1.165, 1.54) is 0 Å². The summed E-state index contributed by atoms with van der Waals surface area (Å²) in [5.74, 6) is 1.05. The highest BCUT2D eigenvalue weighted by Crippen LogP contribution is 2.34. The van der Waals surface area contributed by atoms with Crippen molar-refractivity contribution in [1.29, 1.82) is 0 Å². The van der Waals surface area contributed by atoms with Gasteiger partial charge in [-0.15, -0.1) is 11.3 Å². The fourth-order valence-electron chi connectivity index (χ4n) is 2.22. The number of hydrogen-bond donors (Lipinski definition) is 1. The van der Waals surface area contributed by atoms with Crippen molar-refractivity contribution in [2.45, 2.75) is 18.9 Å². The molecule has 0 spiro atoms. The molecule has 1 heterocycles. The molecule has 1 aliphatic rings. The molecule has 1 aliphatic carbocycles. The zero-order valence-corrected chi connectivity index (χ0v) is 10.9. The number of aromatic nitrogens is 1. The van der Waals surface area contributed by atoms with Gasteiger partial charge < -0.3 is 10.1 Å². The van der Waals surface area contributed by atoms with E-state index in [1.807, 2.05) is 23.7 Å². The van der Waals surface area contributed by atoms with Gasteiger partial charge in [-0.3, -0.25) is 4.79 Å². The molecular formula is C13H14N2O2S. The van der Waals surface area contributed by atoms with E-state index in [0.29, 0.717) is 0 Å². The van der Waals surface area contributed by atoms with E-state index in [-0.39, 0.29) is 17.9 Å². The average Bonchev–Trinajstić information content (AvgIpc) is 2.81. The first-order valence-electron chi connectivity index (χ1n) is 5.98. The van der Waals surface area contributed by atoms with Crippen LogP contribution in [0.15, 0.2) is 23.7 Å². The first kappa shape index (κ1) is 11.5. The van der Waals surface area contributed by atoms with Crippen LogP contribution in [-0.4, -0.2) is 24.0 Å². The van der Waals surface area contributed by atoms with Crippen molar-refractivity contribution in [1.82, 2.24) is 10.3 Å². The molecule has 4 nitrogen and oxygen atoms in total. The van der Waals surface area contributed by atoms with Crippen molar-refractivity contribution in [3.8, 4) is 5.75 Å². The molecule has 1 amide bonds. The number of carbonyl (C=O) groups excluding carboxylic acids is 1. The molecule has 1 saturated carbocycles. The van der Waals surface area contributed by atoms with Crippen LogP contribution in [-0.2, 0) is 4.79 Å². The minimum absolute atomic E-state index is 0.106. The Labute approximate surface area is 109 Å². The summed E-state index contributed by atoms with van der Waals surface area (Å²) in [6.07, 6.45) is 1.72. The lowest BCUT2D eigenvalue weighted by Crippen LogP contribution is -2.42. The van der Waals surface area contributed by atoms with E-state index in [1.54, 1.807) is 18.4 Å². The minimum atomic E-state index is 0.106. The van der Waals surface area contributed by atoms with E-state index in [0.717, 1.165) is 28.8 Å². The van der Waals surface area contributed by atoms with Crippen LogP contribution in [0.1, 0.15) is 12.8 Å². The van der Waals surface area contributed by atoms with Gasteiger partial charge in [0, 0.05) is 13.0 Å². The summed E-state index contributed by atoms with van der Waals surface area (Å²) in [4.78, 5) is 15.7. The highest BCUT2D eigenvalue weighted by molar-refractivity contribution is 7.16. The Kier molecular flexibility index (Phi) is 2.91. The number of benzene rings is 1. The SMILES string of the molecule is CNC(=O)C1CC(Oc2cccc3scnc23)C1. The standard InChI is InChI=1S/C13H14N2O2S/c1-14-13(16)8-5-9(6-8)17-10-3-2-4-11-12(10)15-7-18-11/h2-4,7-9H,5-6H2,1H3,(H,14,16). The average molecular weight is 262 g/mol. The third kappa shape index (κ3) is 1.95. The first-order valence-corrected chi connectivity index (χ1v) is 6.86. The Hall–Kier alpha value is -1.62. The minimum Gasteiger partial charge on any atom is -0.488 e. The smallest absolute Gasteiger partial charge is 0.223 e. The topological polar surface area (TPSA) is 51.2 Å². The van der Waals surface area contributed by atoms with E-state index in [2.05, 4.69) is 10.3 Å². The Balaban J connectivity index is 1.68. The van der Waals surface area contributed by atoms with Gasteiger partial charge in [-0.05, 0) is 25.0 Å². The lowest BCUT2D eigenvalue weighted by molar-refractivity contribution is -0.130. The molecule has 0 aliphatic heterocycles. The molecule has 0 unspecified atom stereocenters. The summed E-state index contributed by atoms with van der Waals surface area (Å²) in [5, 5.41) is 2.67. The normalized spacial score (nSPS) is 22.5. The van der Waals surface area contributed by atoms with Gasteiger partial charge >= 0.3 is 0 Å². The number of rotatable bonds is 3. The molecular weight excluding hydrogens is 248 g/mol. The van der Waals surface area contributed by atoms with Crippen molar-refractivity contribution in [3.63, 3.8) is 0 Å². The van der Waals surface area contributed by atoms with Gasteiger partial charge in [-0.1, -0.05) is 6.07 Å². The Morgan fingerprint density at radius 1 is 1.50 bits per heavy atom. The quantitative estimate of drug-likeness (QED) is 0.922. The second-order valence-electron chi connectivity index (χ2n) is 4.48. The van der Waals surface area contributed by atoms with Crippen molar-refractivity contribution in [3.05, 3.63) is 23.7 Å². The van der Waals surface area contributed by atoms with Gasteiger partial charge in [0.25, 0.3) is 0 Å². The number of thiazole rings is 1. The molecule has 2 aromatic rings. The lowest BCUT2D eigenvalue weighted by atomic mass is 9.81. The number of nitrogens with one attached hydrogen (secondary N) is 1. The van der Waals surface area contributed by atoms with Crippen molar-refractivity contribution < 1.29 is 9.53 Å². The maximum Gasteiger partial charge on any atom is 0.223 e. The summed E-state index contributed by atoms with van der Waals surface area (Å²) in [7, 11) is 1.67. The molecule has 94 valence electrons.